The smallest absolute Gasteiger partial charge is 0.150 e. The van der Waals surface area contributed by atoms with E-state index in [2.05, 4.69) is 0 Å². The SMILES string of the molecule is CC(C)[C@@H](N)C(=O)C[C@H](CO)c1ccccc1. The molecule has 0 aliphatic heterocycles. The molecule has 94 valence electrons. The van der Waals surface area contributed by atoms with Crippen LogP contribution in [0.1, 0.15) is 31.7 Å². The number of aliphatic hydroxyl groups is 1. The summed E-state index contributed by atoms with van der Waals surface area (Å²) < 4.78 is 0. The molecule has 0 aliphatic carbocycles. The van der Waals surface area contributed by atoms with Gasteiger partial charge in [-0.2, -0.15) is 0 Å². The highest BCUT2D eigenvalue weighted by atomic mass is 16.3. The van der Waals surface area contributed by atoms with E-state index in [0.29, 0.717) is 6.42 Å². The van der Waals surface area contributed by atoms with Gasteiger partial charge in [-0.05, 0) is 11.5 Å². The number of hydrogen-bond donors (Lipinski definition) is 2. The Labute approximate surface area is 103 Å². The Bertz CT molecular complexity index is 348. The number of carbonyl (C=O) groups is 1. The fourth-order valence-corrected chi connectivity index (χ4v) is 1.76. The quantitative estimate of drug-likeness (QED) is 0.789. The average molecular weight is 235 g/mol. The fraction of sp³-hybridized carbons (Fsp3) is 0.500. The molecule has 0 unspecified atom stereocenters. The van der Waals surface area contributed by atoms with Gasteiger partial charge in [-0.1, -0.05) is 44.2 Å². The molecule has 0 saturated carbocycles. The summed E-state index contributed by atoms with van der Waals surface area (Å²) in [6.45, 7) is 3.83. The molecule has 0 bridgehead atoms. The summed E-state index contributed by atoms with van der Waals surface area (Å²) >= 11 is 0. The fourth-order valence-electron chi connectivity index (χ4n) is 1.76. The third-order valence-electron chi connectivity index (χ3n) is 3.03. The maximum atomic E-state index is 11.9. The Morgan fingerprint density at radius 3 is 2.35 bits per heavy atom. The number of benzene rings is 1. The molecule has 0 saturated heterocycles. The van der Waals surface area contributed by atoms with E-state index in [1.807, 2.05) is 44.2 Å². The normalized spacial score (nSPS) is 14.6. The van der Waals surface area contributed by atoms with Crippen LogP contribution in [0, 0.1) is 5.92 Å². The van der Waals surface area contributed by atoms with Crippen LogP contribution < -0.4 is 5.73 Å². The minimum atomic E-state index is -0.437. The highest BCUT2D eigenvalue weighted by molar-refractivity contribution is 5.84. The molecule has 1 aromatic carbocycles. The molecular formula is C14H21NO2. The van der Waals surface area contributed by atoms with Crippen LogP contribution in [-0.4, -0.2) is 23.5 Å². The van der Waals surface area contributed by atoms with E-state index in [1.165, 1.54) is 0 Å². The van der Waals surface area contributed by atoms with Gasteiger partial charge in [0.15, 0.2) is 0 Å². The molecule has 0 aliphatic rings. The highest BCUT2D eigenvalue weighted by Crippen LogP contribution is 2.20. The predicted octanol–water partition coefficient (Wildman–Crippen LogP) is 1.70. The van der Waals surface area contributed by atoms with Gasteiger partial charge in [-0.25, -0.2) is 0 Å². The van der Waals surface area contributed by atoms with E-state index in [-0.39, 0.29) is 24.2 Å². The standard InChI is InChI=1S/C14H21NO2/c1-10(2)14(15)13(17)8-12(9-16)11-6-4-3-5-7-11/h3-7,10,12,14,16H,8-9,15H2,1-2H3/t12-,14-/m1/s1. The summed E-state index contributed by atoms with van der Waals surface area (Å²) in [7, 11) is 0. The summed E-state index contributed by atoms with van der Waals surface area (Å²) in [6.07, 6.45) is 0.305. The van der Waals surface area contributed by atoms with Crippen molar-refractivity contribution in [2.24, 2.45) is 11.7 Å². The number of Topliss-reactive ketones (excluding diaryl/α,β-unsaturated/α-hetero) is 1. The number of rotatable bonds is 6. The largest absolute Gasteiger partial charge is 0.396 e. The van der Waals surface area contributed by atoms with E-state index in [9.17, 15) is 9.90 Å². The lowest BCUT2D eigenvalue weighted by Gasteiger charge is -2.18. The van der Waals surface area contributed by atoms with E-state index >= 15 is 0 Å². The Morgan fingerprint density at radius 1 is 1.29 bits per heavy atom. The van der Waals surface area contributed by atoms with Crippen molar-refractivity contribution in [2.75, 3.05) is 6.61 Å². The molecule has 1 aromatic rings. The van der Waals surface area contributed by atoms with E-state index in [4.69, 9.17) is 5.73 Å². The third-order valence-corrected chi connectivity index (χ3v) is 3.03. The van der Waals surface area contributed by atoms with E-state index in [0.717, 1.165) is 5.56 Å². The van der Waals surface area contributed by atoms with Crippen molar-refractivity contribution in [3.8, 4) is 0 Å². The molecule has 0 heterocycles. The molecule has 3 nitrogen and oxygen atoms in total. The first kappa shape index (κ1) is 13.9. The van der Waals surface area contributed by atoms with Crippen LogP contribution in [0.15, 0.2) is 30.3 Å². The van der Waals surface area contributed by atoms with Gasteiger partial charge in [-0.3, -0.25) is 4.79 Å². The molecule has 3 heteroatoms. The van der Waals surface area contributed by atoms with Crippen molar-refractivity contribution in [3.05, 3.63) is 35.9 Å². The Balaban J connectivity index is 2.68. The van der Waals surface area contributed by atoms with Crippen molar-refractivity contribution in [1.29, 1.82) is 0 Å². The van der Waals surface area contributed by atoms with Crippen molar-refractivity contribution >= 4 is 5.78 Å². The number of nitrogens with two attached hydrogens (primary N) is 1. The summed E-state index contributed by atoms with van der Waals surface area (Å²) in [5, 5.41) is 9.36. The van der Waals surface area contributed by atoms with E-state index in [1.54, 1.807) is 0 Å². The molecule has 0 amide bonds. The van der Waals surface area contributed by atoms with Gasteiger partial charge in [0.2, 0.25) is 0 Å². The Morgan fingerprint density at radius 2 is 1.88 bits per heavy atom. The van der Waals surface area contributed by atoms with Gasteiger partial charge in [0.1, 0.15) is 5.78 Å². The first-order valence-electron chi connectivity index (χ1n) is 6.00. The summed E-state index contributed by atoms with van der Waals surface area (Å²) in [5.74, 6) is 0.00835. The van der Waals surface area contributed by atoms with Crippen LogP contribution in [-0.2, 0) is 4.79 Å². The molecule has 0 spiro atoms. The average Bonchev–Trinajstić information content (AvgIpc) is 2.35. The molecule has 0 radical (unpaired) electrons. The highest BCUT2D eigenvalue weighted by Gasteiger charge is 2.21. The minimum Gasteiger partial charge on any atom is -0.396 e. The summed E-state index contributed by atoms with van der Waals surface area (Å²) in [5.41, 5.74) is 6.80. The zero-order chi connectivity index (χ0) is 12.8. The van der Waals surface area contributed by atoms with Crippen LogP contribution >= 0.6 is 0 Å². The van der Waals surface area contributed by atoms with E-state index < -0.39 is 6.04 Å². The first-order valence-corrected chi connectivity index (χ1v) is 6.00. The van der Waals surface area contributed by atoms with Crippen molar-refractivity contribution < 1.29 is 9.90 Å². The first-order chi connectivity index (χ1) is 8.06. The summed E-state index contributed by atoms with van der Waals surface area (Å²) in [4.78, 5) is 11.9. The zero-order valence-corrected chi connectivity index (χ0v) is 10.5. The third kappa shape index (κ3) is 3.95. The predicted molar refractivity (Wildman–Crippen MR) is 68.7 cm³/mol. The Hall–Kier alpha value is -1.19. The molecular weight excluding hydrogens is 214 g/mol. The maximum absolute atomic E-state index is 11.9. The molecule has 3 N–H and O–H groups in total. The zero-order valence-electron chi connectivity index (χ0n) is 10.5. The molecule has 2 atom stereocenters. The van der Waals surface area contributed by atoms with Crippen molar-refractivity contribution in [3.63, 3.8) is 0 Å². The van der Waals surface area contributed by atoms with Gasteiger partial charge >= 0.3 is 0 Å². The monoisotopic (exact) mass is 235 g/mol. The molecule has 1 rings (SSSR count). The lowest BCUT2D eigenvalue weighted by molar-refractivity contribution is -0.121. The Kier molecular flexibility index (Phi) is 5.32. The molecule has 17 heavy (non-hydrogen) atoms. The second-order valence-electron chi connectivity index (χ2n) is 4.73. The van der Waals surface area contributed by atoms with Gasteiger partial charge in [-0.15, -0.1) is 0 Å². The minimum absolute atomic E-state index is 0.0166. The lowest BCUT2D eigenvalue weighted by Crippen LogP contribution is -2.36. The van der Waals surface area contributed by atoms with Crippen LogP contribution in [0.5, 0.6) is 0 Å². The second kappa shape index (κ2) is 6.52. The topological polar surface area (TPSA) is 63.3 Å². The van der Waals surface area contributed by atoms with Crippen molar-refractivity contribution in [2.45, 2.75) is 32.2 Å². The molecule has 0 aromatic heterocycles. The van der Waals surface area contributed by atoms with Gasteiger partial charge in [0.05, 0.1) is 12.6 Å². The molecule has 0 fully saturated rings. The number of hydrogen-bond acceptors (Lipinski definition) is 3. The lowest BCUT2D eigenvalue weighted by atomic mass is 9.89. The van der Waals surface area contributed by atoms with Crippen LogP contribution in [0.4, 0.5) is 0 Å². The van der Waals surface area contributed by atoms with Crippen molar-refractivity contribution in [1.82, 2.24) is 0 Å². The summed E-state index contributed by atoms with van der Waals surface area (Å²) in [6, 6.07) is 9.15. The second-order valence-corrected chi connectivity index (χ2v) is 4.73. The van der Waals surface area contributed by atoms with Gasteiger partial charge in [0, 0.05) is 12.3 Å². The van der Waals surface area contributed by atoms with Crippen LogP contribution in [0.2, 0.25) is 0 Å². The van der Waals surface area contributed by atoms with Gasteiger partial charge < -0.3 is 10.8 Å². The van der Waals surface area contributed by atoms with Crippen LogP contribution in [0.3, 0.4) is 0 Å². The maximum Gasteiger partial charge on any atom is 0.150 e. The van der Waals surface area contributed by atoms with Gasteiger partial charge in [0.25, 0.3) is 0 Å². The number of aliphatic hydroxyl groups excluding tert-OH is 1. The number of carbonyl (C=O) groups excluding carboxylic acids is 1. The van der Waals surface area contributed by atoms with Crippen LogP contribution in [0.25, 0.3) is 0 Å². The number of ketones is 1.